The van der Waals surface area contributed by atoms with Gasteiger partial charge in [0.05, 0.1) is 0 Å². The molecule has 21 heavy (non-hydrogen) atoms. The van der Waals surface area contributed by atoms with Crippen molar-refractivity contribution in [1.82, 2.24) is 5.32 Å². The van der Waals surface area contributed by atoms with Gasteiger partial charge in [-0.15, -0.1) is 0 Å². The molecular weight excluding hydrogens is 254 g/mol. The summed E-state index contributed by atoms with van der Waals surface area (Å²) in [7, 11) is 0. The first-order chi connectivity index (χ1) is 10.1. The first-order valence-electron chi connectivity index (χ1n) is 7.96. The quantitative estimate of drug-likeness (QED) is 0.794. The molecule has 1 nitrogen and oxygen atoms in total. The lowest BCUT2D eigenvalue weighted by Crippen LogP contribution is -2.24. The topological polar surface area (TPSA) is 12.0 Å². The third-order valence-electron chi connectivity index (χ3n) is 4.01. The minimum atomic E-state index is 0.394. The number of nitrogens with one attached hydrogen (secondary N) is 1. The van der Waals surface area contributed by atoms with Crippen LogP contribution in [-0.2, 0) is 6.42 Å². The summed E-state index contributed by atoms with van der Waals surface area (Å²) < 4.78 is 0. The van der Waals surface area contributed by atoms with Gasteiger partial charge in [0.2, 0.25) is 0 Å². The van der Waals surface area contributed by atoms with Crippen LogP contribution in [0.2, 0.25) is 0 Å². The number of aryl methyl sites for hydroxylation is 3. The summed E-state index contributed by atoms with van der Waals surface area (Å²) in [6.45, 7) is 9.83. The van der Waals surface area contributed by atoms with Crippen LogP contribution in [0.15, 0.2) is 42.5 Å². The number of rotatable bonds is 6. The average molecular weight is 281 g/mol. The second-order valence-electron chi connectivity index (χ2n) is 6.05. The van der Waals surface area contributed by atoms with E-state index in [1.165, 1.54) is 27.8 Å². The highest BCUT2D eigenvalue weighted by atomic mass is 14.9. The normalized spacial score (nSPS) is 12.4. The molecule has 1 heteroatoms. The molecule has 0 heterocycles. The Balaban J connectivity index is 2.25. The van der Waals surface area contributed by atoms with Crippen LogP contribution in [0, 0.1) is 20.8 Å². The maximum atomic E-state index is 3.71. The van der Waals surface area contributed by atoms with Crippen molar-refractivity contribution in [3.05, 3.63) is 70.3 Å². The van der Waals surface area contributed by atoms with Gasteiger partial charge in [0.15, 0.2) is 0 Å². The summed E-state index contributed by atoms with van der Waals surface area (Å²) in [6, 6.07) is 16.0. The standard InChI is InChI=1S/C20H27N/c1-5-11-21-20(18-8-6-7-15(2)12-18)14-19-13-16(3)9-10-17(19)4/h6-10,12-13,20-21H,5,11,14H2,1-4H3. The molecule has 0 saturated heterocycles. The van der Waals surface area contributed by atoms with Crippen molar-refractivity contribution >= 4 is 0 Å². The van der Waals surface area contributed by atoms with Crippen LogP contribution >= 0.6 is 0 Å². The molecule has 0 saturated carbocycles. The lowest BCUT2D eigenvalue weighted by atomic mass is 9.94. The molecule has 0 aliphatic heterocycles. The minimum Gasteiger partial charge on any atom is -0.310 e. The van der Waals surface area contributed by atoms with Crippen molar-refractivity contribution < 1.29 is 0 Å². The van der Waals surface area contributed by atoms with Crippen LogP contribution in [-0.4, -0.2) is 6.54 Å². The first-order valence-corrected chi connectivity index (χ1v) is 7.96. The number of benzene rings is 2. The Morgan fingerprint density at radius 3 is 2.43 bits per heavy atom. The van der Waals surface area contributed by atoms with Gasteiger partial charge in [-0.3, -0.25) is 0 Å². The summed E-state index contributed by atoms with van der Waals surface area (Å²) >= 11 is 0. The van der Waals surface area contributed by atoms with Crippen LogP contribution in [0.4, 0.5) is 0 Å². The van der Waals surface area contributed by atoms with Gasteiger partial charge in [0, 0.05) is 6.04 Å². The predicted octanol–water partition coefficient (Wildman–Crippen LogP) is 4.90. The van der Waals surface area contributed by atoms with E-state index in [1.807, 2.05) is 0 Å². The van der Waals surface area contributed by atoms with Crippen molar-refractivity contribution in [3.8, 4) is 0 Å². The van der Waals surface area contributed by atoms with Gasteiger partial charge in [0.1, 0.15) is 0 Å². The fourth-order valence-electron chi connectivity index (χ4n) is 2.75. The second kappa shape index (κ2) is 7.42. The summed E-state index contributed by atoms with van der Waals surface area (Å²) in [4.78, 5) is 0. The Labute approximate surface area is 129 Å². The molecule has 0 radical (unpaired) electrons. The summed E-state index contributed by atoms with van der Waals surface area (Å²) in [5, 5.41) is 3.71. The summed E-state index contributed by atoms with van der Waals surface area (Å²) in [5.74, 6) is 0. The lowest BCUT2D eigenvalue weighted by Gasteiger charge is -2.21. The van der Waals surface area contributed by atoms with Crippen molar-refractivity contribution in [3.63, 3.8) is 0 Å². The van der Waals surface area contributed by atoms with E-state index in [2.05, 4.69) is 75.5 Å². The van der Waals surface area contributed by atoms with Gasteiger partial charge in [-0.1, -0.05) is 60.5 Å². The van der Waals surface area contributed by atoms with Gasteiger partial charge < -0.3 is 5.32 Å². The van der Waals surface area contributed by atoms with Crippen molar-refractivity contribution in [2.45, 2.75) is 46.6 Å². The fourth-order valence-corrected chi connectivity index (χ4v) is 2.75. The summed E-state index contributed by atoms with van der Waals surface area (Å²) in [6.07, 6.45) is 2.21. The molecule has 0 spiro atoms. The highest BCUT2D eigenvalue weighted by Gasteiger charge is 2.13. The predicted molar refractivity (Wildman–Crippen MR) is 91.8 cm³/mol. The van der Waals surface area contributed by atoms with Crippen LogP contribution in [0.3, 0.4) is 0 Å². The molecule has 112 valence electrons. The van der Waals surface area contributed by atoms with E-state index in [9.17, 15) is 0 Å². The van der Waals surface area contributed by atoms with Crippen LogP contribution in [0.25, 0.3) is 0 Å². The van der Waals surface area contributed by atoms with Crippen LogP contribution in [0.1, 0.15) is 47.2 Å². The Kier molecular flexibility index (Phi) is 5.58. The first kappa shape index (κ1) is 15.8. The molecule has 0 fully saturated rings. The van der Waals surface area contributed by atoms with E-state index >= 15 is 0 Å². The Bertz CT molecular complexity index is 586. The lowest BCUT2D eigenvalue weighted by molar-refractivity contribution is 0.528. The van der Waals surface area contributed by atoms with Crippen molar-refractivity contribution in [2.24, 2.45) is 0 Å². The Morgan fingerprint density at radius 1 is 0.952 bits per heavy atom. The summed E-state index contributed by atoms with van der Waals surface area (Å²) in [5.41, 5.74) is 6.90. The van der Waals surface area contributed by atoms with E-state index in [-0.39, 0.29) is 0 Å². The maximum absolute atomic E-state index is 3.71. The van der Waals surface area contributed by atoms with Gasteiger partial charge >= 0.3 is 0 Å². The van der Waals surface area contributed by atoms with Crippen LogP contribution < -0.4 is 5.32 Å². The van der Waals surface area contributed by atoms with Crippen molar-refractivity contribution in [1.29, 1.82) is 0 Å². The zero-order valence-corrected chi connectivity index (χ0v) is 13.7. The second-order valence-corrected chi connectivity index (χ2v) is 6.05. The maximum Gasteiger partial charge on any atom is 0.0361 e. The van der Waals surface area contributed by atoms with Gasteiger partial charge in [-0.25, -0.2) is 0 Å². The molecule has 0 aliphatic carbocycles. The fraction of sp³-hybridized carbons (Fsp3) is 0.400. The molecule has 0 amide bonds. The van der Waals surface area contributed by atoms with Gasteiger partial charge in [0.25, 0.3) is 0 Å². The van der Waals surface area contributed by atoms with Crippen LogP contribution in [0.5, 0.6) is 0 Å². The third-order valence-corrected chi connectivity index (χ3v) is 4.01. The van der Waals surface area contributed by atoms with E-state index in [0.29, 0.717) is 6.04 Å². The van der Waals surface area contributed by atoms with E-state index in [4.69, 9.17) is 0 Å². The zero-order chi connectivity index (χ0) is 15.2. The molecule has 0 aliphatic rings. The SMILES string of the molecule is CCCNC(Cc1cc(C)ccc1C)c1cccc(C)c1. The molecular formula is C20H27N. The van der Waals surface area contributed by atoms with Gasteiger partial charge in [-0.2, -0.15) is 0 Å². The Hall–Kier alpha value is -1.60. The molecule has 2 aromatic carbocycles. The van der Waals surface area contributed by atoms with Gasteiger partial charge in [-0.05, 0) is 56.8 Å². The zero-order valence-electron chi connectivity index (χ0n) is 13.7. The van der Waals surface area contributed by atoms with E-state index < -0.39 is 0 Å². The number of hydrogen-bond donors (Lipinski definition) is 1. The van der Waals surface area contributed by atoms with E-state index in [0.717, 1.165) is 19.4 Å². The average Bonchev–Trinajstić information content (AvgIpc) is 2.47. The minimum absolute atomic E-state index is 0.394. The largest absolute Gasteiger partial charge is 0.310 e. The van der Waals surface area contributed by atoms with E-state index in [1.54, 1.807) is 0 Å². The molecule has 1 atom stereocenters. The molecule has 1 unspecified atom stereocenters. The monoisotopic (exact) mass is 281 g/mol. The number of hydrogen-bond acceptors (Lipinski definition) is 1. The smallest absolute Gasteiger partial charge is 0.0361 e. The highest BCUT2D eigenvalue weighted by Crippen LogP contribution is 2.22. The Morgan fingerprint density at radius 2 is 1.71 bits per heavy atom. The molecule has 1 N–H and O–H groups in total. The third kappa shape index (κ3) is 4.44. The molecule has 2 rings (SSSR count). The highest BCUT2D eigenvalue weighted by molar-refractivity contribution is 5.33. The molecule has 2 aromatic rings. The molecule has 0 aromatic heterocycles. The van der Waals surface area contributed by atoms with Crippen molar-refractivity contribution in [2.75, 3.05) is 6.54 Å². The molecule has 0 bridgehead atoms.